The molecular formula is C16H18ClN3S. The third-order valence-corrected chi connectivity index (χ3v) is 4.63. The first-order valence-electron chi connectivity index (χ1n) is 7.34. The normalized spacial score (nSPS) is 15.6. The minimum atomic E-state index is 0.743. The number of nitrogens with one attached hydrogen (secondary N) is 1. The standard InChI is InChI=1S/C16H18ClN3S/c17-13-9-7-12(8-10-13)15-11-21-16(18-15)20-19-14-5-3-1-2-4-6-14/h7-11H,1-6H2,(H,18,20). The number of benzene rings is 1. The Labute approximate surface area is 134 Å². The molecule has 1 saturated carbocycles. The molecule has 0 bridgehead atoms. The lowest BCUT2D eigenvalue weighted by molar-refractivity contribution is 0.702. The summed E-state index contributed by atoms with van der Waals surface area (Å²) in [5.74, 6) is 0. The van der Waals surface area contributed by atoms with Crippen LogP contribution >= 0.6 is 22.9 Å². The van der Waals surface area contributed by atoms with E-state index in [4.69, 9.17) is 11.6 Å². The van der Waals surface area contributed by atoms with Crippen molar-refractivity contribution >= 4 is 33.8 Å². The summed E-state index contributed by atoms with van der Waals surface area (Å²) in [5, 5.41) is 8.16. The number of halogens is 1. The van der Waals surface area contributed by atoms with E-state index in [1.165, 1.54) is 31.4 Å². The van der Waals surface area contributed by atoms with E-state index in [2.05, 4.69) is 15.5 Å². The van der Waals surface area contributed by atoms with Crippen molar-refractivity contribution in [1.82, 2.24) is 4.98 Å². The second kappa shape index (κ2) is 7.05. The quantitative estimate of drug-likeness (QED) is 0.591. The van der Waals surface area contributed by atoms with Crippen LogP contribution < -0.4 is 5.43 Å². The number of hydrogen-bond donors (Lipinski definition) is 1. The van der Waals surface area contributed by atoms with E-state index < -0.39 is 0 Å². The van der Waals surface area contributed by atoms with Gasteiger partial charge in [-0.15, -0.1) is 11.3 Å². The predicted molar refractivity (Wildman–Crippen MR) is 91.3 cm³/mol. The summed E-state index contributed by atoms with van der Waals surface area (Å²) in [7, 11) is 0. The highest BCUT2D eigenvalue weighted by atomic mass is 35.5. The van der Waals surface area contributed by atoms with Gasteiger partial charge in [-0.2, -0.15) is 5.10 Å². The molecule has 0 unspecified atom stereocenters. The van der Waals surface area contributed by atoms with Crippen molar-refractivity contribution in [3.8, 4) is 11.3 Å². The number of rotatable bonds is 3. The minimum absolute atomic E-state index is 0.743. The van der Waals surface area contributed by atoms with Crippen molar-refractivity contribution in [2.75, 3.05) is 5.43 Å². The lowest BCUT2D eigenvalue weighted by Gasteiger charge is -2.01. The van der Waals surface area contributed by atoms with Crippen LogP contribution in [0.2, 0.25) is 5.02 Å². The van der Waals surface area contributed by atoms with E-state index in [-0.39, 0.29) is 0 Å². The van der Waals surface area contributed by atoms with Gasteiger partial charge in [0.05, 0.1) is 5.69 Å². The molecule has 1 aliphatic rings. The smallest absolute Gasteiger partial charge is 0.203 e. The Morgan fingerprint density at radius 2 is 1.76 bits per heavy atom. The number of aromatic nitrogens is 1. The summed E-state index contributed by atoms with van der Waals surface area (Å²) in [6.07, 6.45) is 7.40. The third-order valence-electron chi connectivity index (χ3n) is 3.63. The lowest BCUT2D eigenvalue weighted by atomic mass is 10.2. The summed E-state index contributed by atoms with van der Waals surface area (Å²) >= 11 is 7.49. The van der Waals surface area contributed by atoms with Gasteiger partial charge in [0.15, 0.2) is 0 Å². The van der Waals surface area contributed by atoms with Crippen LogP contribution in [0.1, 0.15) is 38.5 Å². The molecule has 1 aromatic heterocycles. The second-order valence-corrected chi connectivity index (χ2v) is 6.54. The molecule has 21 heavy (non-hydrogen) atoms. The summed E-state index contributed by atoms with van der Waals surface area (Å²) in [4.78, 5) is 4.58. The average molecular weight is 320 g/mol. The Hall–Kier alpha value is -1.39. The van der Waals surface area contributed by atoms with Gasteiger partial charge in [-0.3, -0.25) is 5.43 Å². The Kier molecular flexibility index (Phi) is 4.88. The van der Waals surface area contributed by atoms with Crippen LogP contribution in [0.25, 0.3) is 11.3 Å². The molecular weight excluding hydrogens is 302 g/mol. The molecule has 0 spiro atoms. The molecule has 3 nitrogen and oxygen atoms in total. The van der Waals surface area contributed by atoms with Crippen LogP contribution in [0, 0.1) is 0 Å². The van der Waals surface area contributed by atoms with Crippen LogP contribution in [0.5, 0.6) is 0 Å². The molecule has 2 aromatic rings. The predicted octanol–water partition coefficient (Wildman–Crippen LogP) is 5.59. The molecule has 1 N–H and O–H groups in total. The van der Waals surface area contributed by atoms with Crippen LogP contribution in [-0.2, 0) is 0 Å². The highest BCUT2D eigenvalue weighted by Gasteiger charge is 2.07. The van der Waals surface area contributed by atoms with E-state index in [0.717, 1.165) is 34.3 Å². The zero-order valence-electron chi connectivity index (χ0n) is 11.8. The molecule has 1 aromatic carbocycles. The summed E-state index contributed by atoms with van der Waals surface area (Å²) in [5.41, 5.74) is 6.42. The van der Waals surface area contributed by atoms with E-state index in [0.29, 0.717) is 0 Å². The minimum Gasteiger partial charge on any atom is -0.253 e. The third kappa shape index (κ3) is 4.05. The fourth-order valence-corrected chi connectivity index (χ4v) is 3.24. The molecule has 1 aliphatic carbocycles. The first kappa shape index (κ1) is 14.5. The first-order chi connectivity index (χ1) is 10.3. The second-order valence-electron chi connectivity index (χ2n) is 5.25. The number of nitrogens with zero attached hydrogens (tertiary/aromatic N) is 2. The number of thiazole rings is 1. The van der Waals surface area contributed by atoms with Crippen molar-refractivity contribution in [1.29, 1.82) is 0 Å². The van der Waals surface area contributed by atoms with E-state index in [9.17, 15) is 0 Å². The fraction of sp³-hybridized carbons (Fsp3) is 0.375. The largest absolute Gasteiger partial charge is 0.253 e. The molecule has 0 aliphatic heterocycles. The maximum atomic E-state index is 5.91. The SMILES string of the molecule is Clc1ccc(-c2csc(NN=C3CCCCCC3)n2)cc1. The fourth-order valence-electron chi connectivity index (χ4n) is 2.45. The summed E-state index contributed by atoms with van der Waals surface area (Å²) < 4.78 is 0. The van der Waals surface area contributed by atoms with Gasteiger partial charge in [-0.05, 0) is 37.8 Å². The molecule has 1 fully saturated rings. The van der Waals surface area contributed by atoms with Crippen molar-refractivity contribution < 1.29 is 0 Å². The molecule has 3 rings (SSSR count). The summed E-state index contributed by atoms with van der Waals surface area (Å²) in [6, 6.07) is 7.74. The summed E-state index contributed by atoms with van der Waals surface area (Å²) in [6.45, 7) is 0. The van der Waals surface area contributed by atoms with Gasteiger partial charge in [0.1, 0.15) is 0 Å². The monoisotopic (exact) mass is 319 g/mol. The van der Waals surface area contributed by atoms with Gasteiger partial charge in [0, 0.05) is 21.7 Å². The molecule has 0 amide bonds. The van der Waals surface area contributed by atoms with Crippen molar-refractivity contribution in [3.63, 3.8) is 0 Å². The van der Waals surface area contributed by atoms with E-state index >= 15 is 0 Å². The van der Waals surface area contributed by atoms with Crippen LogP contribution in [0.3, 0.4) is 0 Å². The first-order valence-corrected chi connectivity index (χ1v) is 8.60. The Morgan fingerprint density at radius 3 is 2.48 bits per heavy atom. The number of anilines is 1. The van der Waals surface area contributed by atoms with E-state index in [1.54, 1.807) is 11.3 Å². The van der Waals surface area contributed by atoms with Gasteiger partial charge in [0.25, 0.3) is 0 Å². The molecule has 0 saturated heterocycles. The van der Waals surface area contributed by atoms with Gasteiger partial charge >= 0.3 is 0 Å². The molecule has 110 valence electrons. The van der Waals surface area contributed by atoms with Gasteiger partial charge in [0.2, 0.25) is 5.13 Å². The average Bonchev–Trinajstić information content (AvgIpc) is 2.81. The van der Waals surface area contributed by atoms with Gasteiger partial charge in [-0.25, -0.2) is 4.98 Å². The molecule has 0 atom stereocenters. The highest BCUT2D eigenvalue weighted by Crippen LogP contribution is 2.26. The van der Waals surface area contributed by atoms with Crippen LogP contribution in [0.15, 0.2) is 34.7 Å². The van der Waals surface area contributed by atoms with Crippen molar-refractivity contribution in [2.45, 2.75) is 38.5 Å². The number of hydrazone groups is 1. The lowest BCUT2D eigenvalue weighted by Crippen LogP contribution is -2.00. The van der Waals surface area contributed by atoms with Crippen molar-refractivity contribution in [2.24, 2.45) is 5.10 Å². The maximum Gasteiger partial charge on any atom is 0.203 e. The van der Waals surface area contributed by atoms with Crippen LogP contribution in [-0.4, -0.2) is 10.7 Å². The Balaban J connectivity index is 1.67. The highest BCUT2D eigenvalue weighted by molar-refractivity contribution is 7.14. The van der Waals surface area contributed by atoms with Crippen molar-refractivity contribution in [3.05, 3.63) is 34.7 Å². The maximum absolute atomic E-state index is 5.91. The zero-order chi connectivity index (χ0) is 14.5. The Bertz CT molecular complexity index is 609. The van der Waals surface area contributed by atoms with Gasteiger partial charge in [-0.1, -0.05) is 36.6 Å². The molecule has 1 heterocycles. The number of hydrogen-bond acceptors (Lipinski definition) is 4. The Morgan fingerprint density at radius 1 is 1.05 bits per heavy atom. The van der Waals surface area contributed by atoms with E-state index in [1.807, 2.05) is 29.6 Å². The molecule has 0 radical (unpaired) electrons. The van der Waals surface area contributed by atoms with Gasteiger partial charge < -0.3 is 0 Å². The topological polar surface area (TPSA) is 37.3 Å². The van der Waals surface area contributed by atoms with Crippen LogP contribution in [0.4, 0.5) is 5.13 Å². The zero-order valence-corrected chi connectivity index (χ0v) is 13.4. The molecule has 5 heteroatoms.